The number of hydrogen-bond donors (Lipinski definition) is 1. The van der Waals surface area contributed by atoms with Gasteiger partial charge in [-0.05, 0) is 6.07 Å². The number of ether oxygens (including phenoxy) is 1. The Kier molecular flexibility index (Phi) is 4.45. The van der Waals surface area contributed by atoms with Crippen LogP contribution in [0.1, 0.15) is 11.1 Å². The molecule has 92 valence electrons. The maximum absolute atomic E-state index is 10.8. The summed E-state index contributed by atoms with van der Waals surface area (Å²) in [6.45, 7) is 0. The van der Waals surface area contributed by atoms with Crippen LogP contribution in [0.15, 0.2) is 12.1 Å². The van der Waals surface area contributed by atoms with Gasteiger partial charge >= 0.3 is 5.97 Å². The highest BCUT2D eigenvalue weighted by Crippen LogP contribution is 2.30. The molecule has 1 aromatic rings. The molecule has 0 atom stereocenters. The van der Waals surface area contributed by atoms with Crippen LogP contribution in [0.25, 0.3) is 0 Å². The third-order valence-corrected chi connectivity index (χ3v) is 2.77. The van der Waals surface area contributed by atoms with Crippen LogP contribution in [-0.4, -0.2) is 23.1 Å². The molecule has 0 fully saturated rings. The minimum atomic E-state index is -1.07. The maximum atomic E-state index is 10.8. The number of hydrogen-bond acceptors (Lipinski definition) is 4. The van der Waals surface area contributed by atoms with Gasteiger partial charge in [-0.1, -0.05) is 15.9 Å². The van der Waals surface area contributed by atoms with Crippen LogP contribution in [0.3, 0.4) is 0 Å². The zero-order valence-corrected chi connectivity index (χ0v) is 10.6. The lowest BCUT2D eigenvalue weighted by Crippen LogP contribution is -2.04. The van der Waals surface area contributed by atoms with E-state index in [2.05, 4.69) is 15.9 Å². The van der Waals surface area contributed by atoms with Crippen molar-refractivity contribution in [3.05, 3.63) is 33.4 Å². The van der Waals surface area contributed by atoms with E-state index in [0.29, 0.717) is 16.6 Å². The number of carboxylic acids is 1. The Morgan fingerprint density at radius 3 is 2.59 bits per heavy atom. The quantitative estimate of drug-likeness (QED) is 0.511. The molecule has 0 aliphatic carbocycles. The lowest BCUT2D eigenvalue weighted by molar-refractivity contribution is -0.385. The number of benzene rings is 1. The molecule has 6 nitrogen and oxygen atoms in total. The van der Waals surface area contributed by atoms with Crippen LogP contribution >= 0.6 is 15.9 Å². The molecule has 7 heteroatoms. The van der Waals surface area contributed by atoms with Crippen molar-refractivity contribution in [1.29, 1.82) is 0 Å². The fraction of sp³-hybridized carbons (Fsp3) is 0.300. The maximum Gasteiger partial charge on any atom is 0.307 e. The van der Waals surface area contributed by atoms with Gasteiger partial charge in [0.25, 0.3) is 5.69 Å². The van der Waals surface area contributed by atoms with E-state index in [1.807, 2.05) is 0 Å². The van der Waals surface area contributed by atoms with Gasteiger partial charge in [-0.25, -0.2) is 0 Å². The topological polar surface area (TPSA) is 89.7 Å². The summed E-state index contributed by atoms with van der Waals surface area (Å²) in [5.74, 6) is -0.725. The van der Waals surface area contributed by atoms with Crippen LogP contribution < -0.4 is 4.74 Å². The monoisotopic (exact) mass is 303 g/mol. The molecular weight excluding hydrogens is 294 g/mol. The first-order valence-electron chi connectivity index (χ1n) is 4.61. The Morgan fingerprint density at radius 2 is 2.18 bits per heavy atom. The van der Waals surface area contributed by atoms with Crippen molar-refractivity contribution in [3.8, 4) is 5.75 Å². The Bertz CT molecular complexity index is 460. The van der Waals surface area contributed by atoms with Gasteiger partial charge in [0.15, 0.2) is 0 Å². The zero-order chi connectivity index (χ0) is 13.0. The van der Waals surface area contributed by atoms with E-state index >= 15 is 0 Å². The molecule has 0 unspecified atom stereocenters. The molecule has 0 spiro atoms. The second kappa shape index (κ2) is 5.62. The van der Waals surface area contributed by atoms with Gasteiger partial charge in [0.05, 0.1) is 18.5 Å². The zero-order valence-electron chi connectivity index (χ0n) is 8.97. The molecule has 0 radical (unpaired) electrons. The highest BCUT2D eigenvalue weighted by atomic mass is 79.9. The van der Waals surface area contributed by atoms with Gasteiger partial charge in [0.1, 0.15) is 5.75 Å². The second-order valence-corrected chi connectivity index (χ2v) is 3.81. The average molecular weight is 304 g/mol. The molecule has 0 bridgehead atoms. The number of carbonyl (C=O) groups is 1. The van der Waals surface area contributed by atoms with Crippen molar-refractivity contribution in [2.75, 3.05) is 7.11 Å². The van der Waals surface area contributed by atoms with Crippen molar-refractivity contribution < 1.29 is 19.6 Å². The second-order valence-electron chi connectivity index (χ2n) is 3.25. The van der Waals surface area contributed by atoms with E-state index in [9.17, 15) is 14.9 Å². The predicted molar refractivity (Wildman–Crippen MR) is 63.6 cm³/mol. The van der Waals surface area contributed by atoms with E-state index in [-0.39, 0.29) is 17.7 Å². The number of carboxylic acid groups (broad SMARTS) is 1. The number of methoxy groups -OCH3 is 1. The minimum Gasteiger partial charge on any atom is -0.496 e. The molecule has 1 N–H and O–H groups in total. The summed E-state index contributed by atoms with van der Waals surface area (Å²) in [6.07, 6.45) is -0.313. The van der Waals surface area contributed by atoms with Crippen LogP contribution in [0, 0.1) is 10.1 Å². The number of alkyl halides is 1. The van der Waals surface area contributed by atoms with Gasteiger partial charge in [-0.15, -0.1) is 0 Å². The lowest BCUT2D eigenvalue weighted by atomic mass is 10.1. The van der Waals surface area contributed by atoms with Crippen LogP contribution in [-0.2, 0) is 16.5 Å². The molecule has 1 aromatic carbocycles. The van der Waals surface area contributed by atoms with E-state index in [0.717, 1.165) is 0 Å². The number of rotatable bonds is 5. The molecule has 0 aliphatic heterocycles. The molecule has 17 heavy (non-hydrogen) atoms. The van der Waals surface area contributed by atoms with Crippen LogP contribution in [0.4, 0.5) is 5.69 Å². The average Bonchev–Trinajstić information content (AvgIpc) is 2.27. The fourth-order valence-electron chi connectivity index (χ4n) is 1.42. The first kappa shape index (κ1) is 13.4. The largest absolute Gasteiger partial charge is 0.496 e. The van der Waals surface area contributed by atoms with E-state index < -0.39 is 10.9 Å². The first-order chi connectivity index (χ1) is 7.99. The highest BCUT2D eigenvalue weighted by Gasteiger charge is 2.19. The normalized spacial score (nSPS) is 10.0. The molecule has 0 aliphatic rings. The predicted octanol–water partition coefficient (Wildman–Crippen LogP) is 2.13. The summed E-state index contributed by atoms with van der Waals surface area (Å²) >= 11 is 3.14. The Labute approximate surface area is 105 Å². The molecule has 0 aromatic heterocycles. The van der Waals surface area contributed by atoms with Gasteiger partial charge in [0, 0.05) is 22.5 Å². The fourth-order valence-corrected chi connectivity index (χ4v) is 1.87. The first-order valence-corrected chi connectivity index (χ1v) is 5.73. The standard InChI is InChI=1S/C10H10BrNO5/c1-17-9-3-7(5-11)8(12(15)16)2-6(9)4-10(13)14/h2-3H,4-5H2,1H3,(H,13,14). The number of halogens is 1. The summed E-state index contributed by atoms with van der Waals surface area (Å²) in [5, 5.41) is 19.8. The number of nitro benzene ring substituents is 1. The van der Waals surface area contributed by atoms with Gasteiger partial charge < -0.3 is 9.84 Å². The van der Waals surface area contributed by atoms with Crippen molar-refractivity contribution in [2.45, 2.75) is 11.8 Å². The molecule has 0 saturated carbocycles. The molecule has 0 amide bonds. The number of aliphatic carboxylic acids is 1. The van der Waals surface area contributed by atoms with E-state index in [1.54, 1.807) is 0 Å². The Balaban J connectivity index is 3.33. The van der Waals surface area contributed by atoms with Gasteiger partial charge in [0.2, 0.25) is 0 Å². The summed E-state index contributed by atoms with van der Waals surface area (Å²) in [6, 6.07) is 2.72. The Morgan fingerprint density at radius 1 is 1.53 bits per heavy atom. The van der Waals surface area contributed by atoms with Crippen LogP contribution in [0.5, 0.6) is 5.75 Å². The van der Waals surface area contributed by atoms with E-state index in [1.165, 1.54) is 19.2 Å². The van der Waals surface area contributed by atoms with Crippen molar-refractivity contribution in [3.63, 3.8) is 0 Å². The van der Waals surface area contributed by atoms with Crippen molar-refractivity contribution >= 4 is 27.6 Å². The van der Waals surface area contributed by atoms with Crippen molar-refractivity contribution in [2.24, 2.45) is 0 Å². The van der Waals surface area contributed by atoms with Crippen molar-refractivity contribution in [1.82, 2.24) is 0 Å². The van der Waals surface area contributed by atoms with Crippen LogP contribution in [0.2, 0.25) is 0 Å². The van der Waals surface area contributed by atoms with E-state index in [4.69, 9.17) is 9.84 Å². The number of nitrogens with zero attached hydrogens (tertiary/aromatic N) is 1. The third kappa shape index (κ3) is 3.16. The smallest absolute Gasteiger partial charge is 0.307 e. The summed E-state index contributed by atoms with van der Waals surface area (Å²) < 4.78 is 5.02. The summed E-state index contributed by atoms with van der Waals surface area (Å²) in [4.78, 5) is 20.9. The molecule has 0 heterocycles. The lowest BCUT2D eigenvalue weighted by Gasteiger charge is -2.09. The minimum absolute atomic E-state index is 0.112. The summed E-state index contributed by atoms with van der Waals surface area (Å²) in [7, 11) is 1.39. The molecular formula is C10H10BrNO5. The SMILES string of the molecule is COc1cc(CBr)c([N+](=O)[O-])cc1CC(=O)O. The number of nitro groups is 1. The highest BCUT2D eigenvalue weighted by molar-refractivity contribution is 9.08. The van der Waals surface area contributed by atoms with Gasteiger partial charge in [-0.3, -0.25) is 14.9 Å². The third-order valence-electron chi connectivity index (χ3n) is 2.16. The Hall–Kier alpha value is -1.63. The summed E-state index contributed by atoms with van der Waals surface area (Å²) in [5.41, 5.74) is 0.622. The molecule has 0 saturated heterocycles. The van der Waals surface area contributed by atoms with Gasteiger partial charge in [-0.2, -0.15) is 0 Å². The molecule has 1 rings (SSSR count).